The molecule has 0 atom stereocenters. The molecule has 0 saturated heterocycles. The minimum absolute atomic E-state index is 0.957. The van der Waals surface area contributed by atoms with Gasteiger partial charge < -0.3 is 18.3 Å². The van der Waals surface area contributed by atoms with Gasteiger partial charge in [0.15, 0.2) is 0 Å². The summed E-state index contributed by atoms with van der Waals surface area (Å²) in [6, 6.07) is 125. The average molecular weight is 1290 g/mol. The zero-order valence-electron chi connectivity index (χ0n) is 55.0. The van der Waals surface area contributed by atoms with Crippen LogP contribution in [0.2, 0.25) is 0 Å². The van der Waals surface area contributed by atoms with Gasteiger partial charge in [-0.2, -0.15) is 0 Å². The number of hydrogen-bond donors (Lipinski definition) is 0. The van der Waals surface area contributed by atoms with E-state index in [2.05, 4.69) is 358 Å². The van der Waals surface area contributed by atoms with Crippen LogP contribution in [0.3, 0.4) is 0 Å². The minimum Gasteiger partial charge on any atom is -0.309 e. The van der Waals surface area contributed by atoms with Crippen LogP contribution in [0.5, 0.6) is 0 Å². The van der Waals surface area contributed by atoms with Crippen LogP contribution in [-0.4, -0.2) is 28.2 Å². The molecule has 0 amide bonds. The molecule has 0 aliphatic heterocycles. The topological polar surface area (TPSA) is 45.5 Å². The van der Waals surface area contributed by atoms with Gasteiger partial charge in [-0.25, -0.2) is 9.97 Å². The molecule has 0 fully saturated rings. The van der Waals surface area contributed by atoms with Crippen molar-refractivity contribution in [3.8, 4) is 112 Å². The highest BCUT2D eigenvalue weighted by molar-refractivity contribution is 6.21. The fourth-order valence-corrected chi connectivity index (χ4v) is 17.8. The van der Waals surface area contributed by atoms with Crippen molar-refractivity contribution in [1.82, 2.24) is 28.2 Å². The second-order valence-corrected chi connectivity index (χ2v) is 27.5. The number of pyridine rings is 2. The van der Waals surface area contributed by atoms with Crippen molar-refractivity contribution >= 4 is 109 Å². The number of nitrogens with zero attached hydrogens (tertiary/aromatic N) is 6. The molecule has 23 rings (SSSR count). The van der Waals surface area contributed by atoms with Crippen molar-refractivity contribution in [2.24, 2.45) is 0 Å². The van der Waals surface area contributed by atoms with Crippen LogP contribution in [0.4, 0.5) is 0 Å². The maximum Gasteiger partial charge on any atom is 0.0722 e. The molecule has 6 aromatic heterocycles. The highest BCUT2D eigenvalue weighted by Gasteiger charge is 2.28. The Morgan fingerprint density at radius 3 is 1.11 bits per heavy atom. The maximum absolute atomic E-state index is 5.45. The smallest absolute Gasteiger partial charge is 0.0722 e. The van der Waals surface area contributed by atoms with Gasteiger partial charge >= 0.3 is 0 Å². The summed E-state index contributed by atoms with van der Waals surface area (Å²) in [5, 5.41) is 12.2. The lowest BCUT2D eigenvalue weighted by Gasteiger charge is -2.12. The van der Waals surface area contributed by atoms with E-state index < -0.39 is 0 Å². The zero-order chi connectivity index (χ0) is 66.4. The third kappa shape index (κ3) is 7.83. The lowest BCUT2D eigenvalue weighted by atomic mass is 9.92. The molecule has 0 unspecified atom stereocenters. The minimum atomic E-state index is 0.957. The molecule has 102 heavy (non-hydrogen) atoms. The Labute approximate surface area is 585 Å². The van der Waals surface area contributed by atoms with Gasteiger partial charge in [0.1, 0.15) is 0 Å². The number of hydrogen-bond acceptors (Lipinski definition) is 2. The predicted octanol–water partition coefficient (Wildman–Crippen LogP) is 25.1. The predicted molar refractivity (Wildman–Crippen MR) is 425 cm³/mol. The van der Waals surface area contributed by atoms with Crippen LogP contribution >= 0.6 is 0 Å². The molecule has 0 saturated carbocycles. The summed E-state index contributed by atoms with van der Waals surface area (Å²) >= 11 is 0. The van der Waals surface area contributed by atoms with Gasteiger partial charge in [-0.3, -0.25) is 0 Å². The third-order valence-electron chi connectivity index (χ3n) is 22.2. The molecule has 0 radical (unpaired) electrons. The third-order valence-corrected chi connectivity index (χ3v) is 22.2. The van der Waals surface area contributed by atoms with Crippen LogP contribution in [0.25, 0.3) is 221 Å². The van der Waals surface area contributed by atoms with E-state index in [0.29, 0.717) is 0 Å². The molecule has 21 aromatic rings. The van der Waals surface area contributed by atoms with Gasteiger partial charge in [-0.15, -0.1) is 0 Å². The lowest BCUT2D eigenvalue weighted by Crippen LogP contribution is -1.96. The molecule has 6 nitrogen and oxygen atoms in total. The van der Waals surface area contributed by atoms with Crippen molar-refractivity contribution in [3.05, 3.63) is 340 Å². The Bertz CT molecular complexity index is 7170. The first kappa shape index (κ1) is 55.3. The molecule has 2 aliphatic rings. The molecule has 470 valence electrons. The van der Waals surface area contributed by atoms with Crippen LogP contribution in [0, 0.1) is 0 Å². The van der Waals surface area contributed by atoms with E-state index in [0.717, 1.165) is 72.9 Å². The number of para-hydroxylation sites is 5. The normalized spacial score (nSPS) is 12.3. The first-order valence-electron chi connectivity index (χ1n) is 35.1. The molecule has 6 heteroatoms. The van der Waals surface area contributed by atoms with E-state index in [1.165, 1.54) is 148 Å². The van der Waals surface area contributed by atoms with Gasteiger partial charge in [0.05, 0.1) is 66.6 Å². The second-order valence-electron chi connectivity index (χ2n) is 27.5. The van der Waals surface area contributed by atoms with Crippen LogP contribution in [0.15, 0.2) is 340 Å². The first-order chi connectivity index (χ1) is 50.6. The van der Waals surface area contributed by atoms with Crippen molar-refractivity contribution in [3.63, 3.8) is 0 Å². The highest BCUT2D eigenvalue weighted by Crippen LogP contribution is 2.53. The molecule has 0 N–H and O–H groups in total. The molecule has 6 heterocycles. The summed E-state index contributed by atoms with van der Waals surface area (Å²) in [6.07, 6.45) is 0. The van der Waals surface area contributed by atoms with Gasteiger partial charge in [0.25, 0.3) is 0 Å². The quantitative estimate of drug-likeness (QED) is 0.152. The van der Waals surface area contributed by atoms with Crippen molar-refractivity contribution < 1.29 is 0 Å². The Morgan fingerprint density at radius 2 is 0.520 bits per heavy atom. The van der Waals surface area contributed by atoms with E-state index in [9.17, 15) is 0 Å². The van der Waals surface area contributed by atoms with Crippen LogP contribution < -0.4 is 0 Å². The Morgan fingerprint density at radius 1 is 0.176 bits per heavy atom. The number of rotatable bonds is 8. The first-order valence-corrected chi connectivity index (χ1v) is 35.1. The van der Waals surface area contributed by atoms with E-state index in [-0.39, 0.29) is 0 Å². The van der Waals surface area contributed by atoms with E-state index >= 15 is 0 Å². The van der Waals surface area contributed by atoms with Gasteiger partial charge in [-0.05, 0) is 200 Å². The summed E-state index contributed by atoms with van der Waals surface area (Å²) in [5.41, 5.74) is 34.8. The number of fused-ring (bicyclic) bond motifs is 18. The summed E-state index contributed by atoms with van der Waals surface area (Å²) in [5.74, 6) is 0. The van der Waals surface area contributed by atoms with Crippen LogP contribution in [-0.2, 0) is 0 Å². The molecule has 0 bridgehead atoms. The van der Waals surface area contributed by atoms with E-state index in [4.69, 9.17) is 9.97 Å². The average Bonchev–Trinajstić information content (AvgIpc) is 1.58. The molecule has 15 aromatic carbocycles. The van der Waals surface area contributed by atoms with Crippen molar-refractivity contribution in [2.75, 3.05) is 0 Å². The maximum atomic E-state index is 5.45. The van der Waals surface area contributed by atoms with Crippen molar-refractivity contribution in [1.29, 1.82) is 0 Å². The largest absolute Gasteiger partial charge is 0.309 e. The molecular weight excluding hydrogens is 1240 g/mol. The van der Waals surface area contributed by atoms with Gasteiger partial charge in [0.2, 0.25) is 0 Å². The van der Waals surface area contributed by atoms with Crippen LogP contribution in [0.1, 0.15) is 0 Å². The Hall–Kier alpha value is -13.7. The molecule has 2 aliphatic carbocycles. The summed E-state index contributed by atoms with van der Waals surface area (Å²) in [7, 11) is 0. The van der Waals surface area contributed by atoms with Gasteiger partial charge in [-0.1, -0.05) is 206 Å². The fourth-order valence-electron chi connectivity index (χ4n) is 17.8. The summed E-state index contributed by atoms with van der Waals surface area (Å²) in [6.45, 7) is 0. The monoisotopic (exact) mass is 1290 g/mol. The summed E-state index contributed by atoms with van der Waals surface area (Å²) in [4.78, 5) is 10.7. The highest BCUT2D eigenvalue weighted by atomic mass is 15.0. The Balaban J connectivity index is 0.583. The standard InChI is InChI=1S/C96H56N6/c1-2-17-62(18-3-1)99-91-47-41-60(51-77(91)79-54-65(46-50-93(79)99)101-86-31-10-6-21-69(86)70-22-7-11-32-87(70)101)57-35-37-58(38-36-57)85-56-81-74-26-14-25-66(94(74)75-28-16-30-83(98-85)96(75)81)61-42-48-90-76(52-61)71-23-8-13-34-89(71)102(90)64-45-49-92-78(53-64)72-24-9-12-33-88(72)100(92)63-43-39-59(40-44-63)84-55-80-68-20-5-4-19-67(68)73-27-15-29-82(97-84)95(73)80/h1-56H. The summed E-state index contributed by atoms with van der Waals surface area (Å²) < 4.78 is 9.69. The fraction of sp³-hybridized carbons (Fsp3) is 0. The SMILES string of the molecule is c1ccc(-n2c3ccc(-c4ccc(-c5cc6c7c(cccc7n5)-c5c(-c7ccc8c(c7)c7ccccc7n8-c7ccc8c(c7)c7ccccc7n8-c7ccc(-c8cc9c%10c(cccc%10n8)-c8ccccc8-9)cc7)cccc5-6)cc4)cc3c3cc(-n4c5ccccc5c5ccccc54)ccc32)cc1. The number of aromatic nitrogens is 6. The zero-order valence-corrected chi connectivity index (χ0v) is 55.0. The van der Waals surface area contributed by atoms with E-state index in [1.807, 2.05) is 0 Å². The second kappa shape index (κ2) is 20.9. The van der Waals surface area contributed by atoms with Crippen molar-refractivity contribution in [2.45, 2.75) is 0 Å². The number of benzene rings is 15. The van der Waals surface area contributed by atoms with Gasteiger partial charge in [0, 0.05) is 87.7 Å². The molecular formula is C96H56N6. The Kier molecular flexibility index (Phi) is 11.4. The molecule has 0 spiro atoms. The lowest BCUT2D eigenvalue weighted by molar-refractivity contribution is 1.16. The van der Waals surface area contributed by atoms with E-state index in [1.54, 1.807) is 0 Å².